The lowest BCUT2D eigenvalue weighted by atomic mass is 9.85. The van der Waals surface area contributed by atoms with Crippen LogP contribution in [0, 0.1) is 5.92 Å². The Kier molecular flexibility index (Phi) is 3.73. The molecule has 0 aromatic carbocycles. The minimum atomic E-state index is 0.295. The van der Waals surface area contributed by atoms with Crippen molar-refractivity contribution in [3.63, 3.8) is 0 Å². The molecule has 0 bridgehead atoms. The van der Waals surface area contributed by atoms with Gasteiger partial charge >= 0.3 is 0 Å². The van der Waals surface area contributed by atoms with Crippen molar-refractivity contribution in [2.45, 2.75) is 45.6 Å². The SMILES string of the molecule is C=C(C)CCC1=CC(N)CC(C)C1. The van der Waals surface area contributed by atoms with Crippen LogP contribution in [0.15, 0.2) is 23.8 Å². The van der Waals surface area contributed by atoms with E-state index in [0.29, 0.717) is 6.04 Å². The summed E-state index contributed by atoms with van der Waals surface area (Å²) in [6.45, 7) is 8.29. The van der Waals surface area contributed by atoms with Crippen molar-refractivity contribution < 1.29 is 0 Å². The van der Waals surface area contributed by atoms with Crippen LogP contribution in [-0.2, 0) is 0 Å². The van der Waals surface area contributed by atoms with Gasteiger partial charge in [-0.25, -0.2) is 0 Å². The summed E-state index contributed by atoms with van der Waals surface area (Å²) >= 11 is 0. The van der Waals surface area contributed by atoms with Gasteiger partial charge in [0.1, 0.15) is 0 Å². The summed E-state index contributed by atoms with van der Waals surface area (Å²) in [5.74, 6) is 0.764. The minimum absolute atomic E-state index is 0.295. The molecule has 0 saturated heterocycles. The van der Waals surface area contributed by atoms with Crippen molar-refractivity contribution in [3.8, 4) is 0 Å². The zero-order valence-electron chi connectivity index (χ0n) is 8.84. The predicted molar refractivity (Wildman–Crippen MR) is 58.5 cm³/mol. The van der Waals surface area contributed by atoms with Gasteiger partial charge in [-0.15, -0.1) is 6.58 Å². The molecule has 2 unspecified atom stereocenters. The first-order valence-corrected chi connectivity index (χ1v) is 5.17. The summed E-state index contributed by atoms with van der Waals surface area (Å²) in [7, 11) is 0. The van der Waals surface area contributed by atoms with Crippen LogP contribution < -0.4 is 5.73 Å². The van der Waals surface area contributed by atoms with Gasteiger partial charge in [0, 0.05) is 6.04 Å². The monoisotopic (exact) mass is 179 g/mol. The van der Waals surface area contributed by atoms with Crippen LogP contribution in [0.5, 0.6) is 0 Å². The number of allylic oxidation sites excluding steroid dienone is 2. The largest absolute Gasteiger partial charge is 0.324 e. The summed E-state index contributed by atoms with van der Waals surface area (Å²) in [6, 6.07) is 0.295. The Morgan fingerprint density at radius 2 is 2.38 bits per heavy atom. The van der Waals surface area contributed by atoms with Crippen LogP contribution in [0.1, 0.15) is 39.5 Å². The lowest BCUT2D eigenvalue weighted by Gasteiger charge is -2.23. The standard InChI is InChI=1S/C12H21N/c1-9(2)4-5-11-6-10(3)7-12(13)8-11/h8,10,12H,1,4-7,13H2,2-3H3. The molecule has 1 aliphatic carbocycles. The lowest BCUT2D eigenvalue weighted by Crippen LogP contribution is -2.24. The van der Waals surface area contributed by atoms with E-state index in [1.165, 1.54) is 17.6 Å². The van der Waals surface area contributed by atoms with Crippen LogP contribution in [0.25, 0.3) is 0 Å². The molecule has 1 heteroatoms. The zero-order chi connectivity index (χ0) is 9.84. The van der Waals surface area contributed by atoms with E-state index >= 15 is 0 Å². The fourth-order valence-corrected chi connectivity index (χ4v) is 1.99. The maximum absolute atomic E-state index is 5.92. The highest BCUT2D eigenvalue weighted by atomic mass is 14.6. The van der Waals surface area contributed by atoms with Gasteiger partial charge in [0.25, 0.3) is 0 Å². The van der Waals surface area contributed by atoms with E-state index < -0.39 is 0 Å². The van der Waals surface area contributed by atoms with Crippen molar-refractivity contribution in [2.75, 3.05) is 0 Å². The molecule has 13 heavy (non-hydrogen) atoms. The highest BCUT2D eigenvalue weighted by molar-refractivity contribution is 5.13. The maximum Gasteiger partial charge on any atom is 0.0228 e. The molecule has 0 radical (unpaired) electrons. The third kappa shape index (κ3) is 3.77. The molecule has 0 aromatic rings. The number of nitrogens with two attached hydrogens (primary N) is 1. The average molecular weight is 179 g/mol. The van der Waals surface area contributed by atoms with Crippen molar-refractivity contribution >= 4 is 0 Å². The first-order valence-electron chi connectivity index (χ1n) is 5.17. The molecule has 74 valence electrons. The molecule has 1 nitrogen and oxygen atoms in total. The first-order chi connectivity index (χ1) is 6.08. The van der Waals surface area contributed by atoms with Crippen molar-refractivity contribution in [1.29, 1.82) is 0 Å². The quantitative estimate of drug-likeness (QED) is 0.662. The Hall–Kier alpha value is -0.560. The van der Waals surface area contributed by atoms with E-state index in [1.807, 2.05) is 0 Å². The van der Waals surface area contributed by atoms with E-state index in [9.17, 15) is 0 Å². The predicted octanol–water partition coefficient (Wildman–Crippen LogP) is 3.03. The lowest BCUT2D eigenvalue weighted by molar-refractivity contribution is 0.463. The summed E-state index contributed by atoms with van der Waals surface area (Å²) < 4.78 is 0. The molecular formula is C12H21N. The van der Waals surface area contributed by atoms with Crippen molar-refractivity contribution in [1.82, 2.24) is 0 Å². The molecule has 0 heterocycles. The van der Waals surface area contributed by atoms with Crippen LogP contribution in [0.2, 0.25) is 0 Å². The van der Waals surface area contributed by atoms with Gasteiger partial charge in [0.15, 0.2) is 0 Å². The van der Waals surface area contributed by atoms with Crippen molar-refractivity contribution in [2.24, 2.45) is 11.7 Å². The molecule has 0 fully saturated rings. The summed E-state index contributed by atoms with van der Waals surface area (Å²) in [4.78, 5) is 0. The summed E-state index contributed by atoms with van der Waals surface area (Å²) in [5.41, 5.74) is 8.73. The number of rotatable bonds is 3. The Morgan fingerprint density at radius 1 is 1.69 bits per heavy atom. The molecule has 0 spiro atoms. The fourth-order valence-electron chi connectivity index (χ4n) is 1.99. The maximum atomic E-state index is 5.92. The van der Waals surface area contributed by atoms with E-state index in [2.05, 4.69) is 26.5 Å². The molecular weight excluding hydrogens is 158 g/mol. The highest BCUT2D eigenvalue weighted by Crippen LogP contribution is 2.26. The molecule has 2 N–H and O–H groups in total. The zero-order valence-corrected chi connectivity index (χ0v) is 8.84. The van der Waals surface area contributed by atoms with E-state index in [-0.39, 0.29) is 0 Å². The molecule has 0 saturated carbocycles. The van der Waals surface area contributed by atoms with Crippen LogP contribution in [0.4, 0.5) is 0 Å². The topological polar surface area (TPSA) is 26.0 Å². The first kappa shape index (κ1) is 10.5. The average Bonchev–Trinajstić information content (AvgIpc) is 1.99. The normalized spacial score (nSPS) is 28.4. The molecule has 1 rings (SSSR count). The Labute approximate surface area is 81.7 Å². The van der Waals surface area contributed by atoms with Gasteiger partial charge < -0.3 is 5.73 Å². The van der Waals surface area contributed by atoms with Gasteiger partial charge in [0.2, 0.25) is 0 Å². The third-order valence-electron chi connectivity index (χ3n) is 2.61. The fraction of sp³-hybridized carbons (Fsp3) is 0.667. The molecule has 1 aliphatic rings. The Balaban J connectivity index is 2.44. The Bertz CT molecular complexity index is 215. The van der Waals surface area contributed by atoms with Gasteiger partial charge in [0.05, 0.1) is 0 Å². The Morgan fingerprint density at radius 3 is 2.92 bits per heavy atom. The summed E-state index contributed by atoms with van der Waals surface area (Å²) in [6.07, 6.45) is 6.92. The van der Waals surface area contributed by atoms with E-state index in [0.717, 1.165) is 25.2 Å². The smallest absolute Gasteiger partial charge is 0.0228 e. The minimum Gasteiger partial charge on any atom is -0.324 e. The summed E-state index contributed by atoms with van der Waals surface area (Å²) in [5, 5.41) is 0. The van der Waals surface area contributed by atoms with E-state index in [4.69, 9.17) is 5.73 Å². The second kappa shape index (κ2) is 4.61. The highest BCUT2D eigenvalue weighted by Gasteiger charge is 2.15. The van der Waals surface area contributed by atoms with Crippen LogP contribution >= 0.6 is 0 Å². The molecule has 0 aromatic heterocycles. The van der Waals surface area contributed by atoms with Crippen LogP contribution in [-0.4, -0.2) is 6.04 Å². The second-order valence-corrected chi connectivity index (χ2v) is 4.49. The van der Waals surface area contributed by atoms with E-state index in [1.54, 1.807) is 0 Å². The second-order valence-electron chi connectivity index (χ2n) is 4.49. The third-order valence-corrected chi connectivity index (χ3v) is 2.61. The van der Waals surface area contributed by atoms with Gasteiger partial charge in [-0.3, -0.25) is 0 Å². The molecule has 2 atom stereocenters. The van der Waals surface area contributed by atoms with Crippen molar-refractivity contribution in [3.05, 3.63) is 23.8 Å². The van der Waals surface area contributed by atoms with Gasteiger partial charge in [-0.05, 0) is 38.5 Å². The molecule has 0 aliphatic heterocycles. The molecule has 0 amide bonds. The van der Waals surface area contributed by atoms with Crippen LogP contribution in [0.3, 0.4) is 0 Å². The number of hydrogen-bond acceptors (Lipinski definition) is 1. The van der Waals surface area contributed by atoms with Gasteiger partial charge in [-0.2, -0.15) is 0 Å². The number of hydrogen-bond donors (Lipinski definition) is 1. The van der Waals surface area contributed by atoms with Gasteiger partial charge in [-0.1, -0.05) is 24.1 Å².